The Morgan fingerprint density at radius 2 is 1.88 bits per heavy atom. The molecule has 2 aliphatic rings. The van der Waals surface area contributed by atoms with Crippen molar-refractivity contribution < 1.29 is 9.32 Å². The fourth-order valence-corrected chi connectivity index (χ4v) is 4.83. The summed E-state index contributed by atoms with van der Waals surface area (Å²) >= 11 is 0. The summed E-state index contributed by atoms with van der Waals surface area (Å²) in [6.45, 7) is 3.32. The van der Waals surface area contributed by atoms with Crippen LogP contribution in [-0.4, -0.2) is 39.0 Å². The van der Waals surface area contributed by atoms with E-state index in [1.165, 1.54) is 0 Å². The third kappa shape index (κ3) is 3.90. The van der Waals surface area contributed by atoms with Gasteiger partial charge in [0.25, 0.3) is 5.91 Å². The molecule has 1 aliphatic heterocycles. The van der Waals surface area contributed by atoms with Gasteiger partial charge in [-0.05, 0) is 55.5 Å². The molecule has 2 aromatic heterocycles. The SMILES string of the molecule is Cc1cc(-c2cnc(C3CC3)nc2C2CCCN(C(=O)c3ccc4ccccc4c3)C2)on1. The highest BCUT2D eigenvalue weighted by molar-refractivity contribution is 5.98. The summed E-state index contributed by atoms with van der Waals surface area (Å²) in [7, 11) is 0. The summed E-state index contributed by atoms with van der Waals surface area (Å²) in [5.74, 6) is 2.31. The van der Waals surface area contributed by atoms with Gasteiger partial charge in [-0.25, -0.2) is 9.97 Å². The fourth-order valence-electron chi connectivity index (χ4n) is 4.83. The van der Waals surface area contributed by atoms with E-state index in [1.807, 2.05) is 54.4 Å². The maximum atomic E-state index is 13.4. The predicted octanol–water partition coefficient (Wildman–Crippen LogP) is 5.49. The van der Waals surface area contributed by atoms with Gasteiger partial charge < -0.3 is 9.42 Å². The lowest BCUT2D eigenvalue weighted by Crippen LogP contribution is -2.39. The number of piperidine rings is 1. The second kappa shape index (κ2) is 8.10. The number of nitrogens with zero attached hydrogens (tertiary/aromatic N) is 4. The van der Waals surface area contributed by atoms with Crippen molar-refractivity contribution in [3.63, 3.8) is 0 Å². The summed E-state index contributed by atoms with van der Waals surface area (Å²) in [5, 5.41) is 6.29. The molecule has 1 saturated heterocycles. The van der Waals surface area contributed by atoms with Crippen molar-refractivity contribution in [2.75, 3.05) is 13.1 Å². The first-order valence-electron chi connectivity index (χ1n) is 11.7. The van der Waals surface area contributed by atoms with Crippen LogP contribution < -0.4 is 0 Å². The fraction of sp³-hybridized carbons (Fsp3) is 0.333. The van der Waals surface area contributed by atoms with Crippen LogP contribution in [0, 0.1) is 6.92 Å². The van der Waals surface area contributed by atoms with Crippen molar-refractivity contribution in [1.82, 2.24) is 20.0 Å². The third-order valence-electron chi connectivity index (χ3n) is 6.76. The van der Waals surface area contributed by atoms with Gasteiger partial charge in [0, 0.05) is 42.8 Å². The van der Waals surface area contributed by atoms with Crippen LogP contribution in [0.5, 0.6) is 0 Å². The minimum Gasteiger partial charge on any atom is -0.356 e. The molecule has 33 heavy (non-hydrogen) atoms. The van der Waals surface area contributed by atoms with E-state index in [1.54, 1.807) is 0 Å². The highest BCUT2D eigenvalue weighted by Gasteiger charge is 2.32. The molecule has 0 radical (unpaired) electrons. The minimum atomic E-state index is 0.0824. The molecule has 0 bridgehead atoms. The third-order valence-corrected chi connectivity index (χ3v) is 6.76. The van der Waals surface area contributed by atoms with E-state index in [-0.39, 0.29) is 11.8 Å². The second-order valence-electron chi connectivity index (χ2n) is 9.29. The van der Waals surface area contributed by atoms with Gasteiger partial charge in [0.1, 0.15) is 5.82 Å². The minimum absolute atomic E-state index is 0.0824. The van der Waals surface area contributed by atoms with Gasteiger partial charge in [-0.15, -0.1) is 0 Å². The largest absolute Gasteiger partial charge is 0.356 e. The molecule has 6 rings (SSSR count). The summed E-state index contributed by atoms with van der Waals surface area (Å²) in [6, 6.07) is 16.0. The van der Waals surface area contributed by atoms with E-state index < -0.39 is 0 Å². The number of aryl methyl sites for hydroxylation is 1. The van der Waals surface area contributed by atoms with Gasteiger partial charge in [-0.1, -0.05) is 35.5 Å². The molecule has 2 aromatic carbocycles. The first-order valence-corrected chi connectivity index (χ1v) is 11.7. The monoisotopic (exact) mass is 438 g/mol. The Labute approximate surface area is 192 Å². The number of carbonyl (C=O) groups excluding carboxylic acids is 1. The van der Waals surface area contributed by atoms with Gasteiger partial charge in [0.2, 0.25) is 0 Å². The molecular weight excluding hydrogens is 412 g/mol. The highest BCUT2D eigenvalue weighted by atomic mass is 16.5. The van der Waals surface area contributed by atoms with Crippen LogP contribution in [0.15, 0.2) is 59.3 Å². The topological polar surface area (TPSA) is 72.1 Å². The van der Waals surface area contributed by atoms with Gasteiger partial charge >= 0.3 is 0 Å². The normalized spacial score (nSPS) is 18.6. The summed E-state index contributed by atoms with van der Waals surface area (Å²) in [4.78, 5) is 25.1. The first-order chi connectivity index (χ1) is 16.2. The van der Waals surface area contributed by atoms with Crippen molar-refractivity contribution in [2.24, 2.45) is 0 Å². The zero-order valence-corrected chi connectivity index (χ0v) is 18.7. The summed E-state index contributed by atoms with van der Waals surface area (Å²) < 4.78 is 5.57. The molecule has 166 valence electrons. The van der Waals surface area contributed by atoms with Gasteiger partial charge in [-0.3, -0.25) is 4.79 Å². The molecule has 2 fully saturated rings. The average molecular weight is 439 g/mol. The van der Waals surface area contributed by atoms with Crippen LogP contribution >= 0.6 is 0 Å². The molecule has 0 spiro atoms. The highest BCUT2D eigenvalue weighted by Crippen LogP contribution is 2.40. The average Bonchev–Trinajstić information content (AvgIpc) is 3.63. The van der Waals surface area contributed by atoms with E-state index in [2.05, 4.69) is 22.3 Å². The molecule has 3 heterocycles. The van der Waals surface area contributed by atoms with Gasteiger partial charge in [0.15, 0.2) is 5.76 Å². The number of likely N-dealkylation sites (tertiary alicyclic amines) is 1. The Bertz CT molecular complexity index is 1340. The Morgan fingerprint density at radius 3 is 2.67 bits per heavy atom. The van der Waals surface area contributed by atoms with Gasteiger partial charge in [0.05, 0.1) is 17.0 Å². The van der Waals surface area contributed by atoms with Crippen LogP contribution in [0.4, 0.5) is 0 Å². The lowest BCUT2D eigenvalue weighted by molar-refractivity contribution is 0.0706. The van der Waals surface area contributed by atoms with Crippen LogP contribution in [0.3, 0.4) is 0 Å². The Balaban J connectivity index is 1.31. The first kappa shape index (κ1) is 20.1. The van der Waals surface area contributed by atoms with Crippen LogP contribution in [-0.2, 0) is 0 Å². The zero-order valence-electron chi connectivity index (χ0n) is 18.7. The molecule has 1 unspecified atom stereocenters. The number of aromatic nitrogens is 3. The van der Waals surface area contributed by atoms with E-state index in [9.17, 15) is 4.79 Å². The summed E-state index contributed by atoms with van der Waals surface area (Å²) in [5.41, 5.74) is 3.45. The Hall–Kier alpha value is -3.54. The number of benzene rings is 2. The maximum absolute atomic E-state index is 13.4. The smallest absolute Gasteiger partial charge is 0.253 e. The van der Waals surface area contributed by atoms with E-state index >= 15 is 0 Å². The molecule has 6 heteroatoms. The lowest BCUT2D eigenvalue weighted by Gasteiger charge is -2.33. The van der Waals surface area contributed by atoms with Crippen molar-refractivity contribution in [3.05, 3.63) is 77.5 Å². The Kier molecular flexibility index (Phi) is 4.93. The molecular formula is C27H26N4O2. The standard InChI is InChI=1S/C27H26N4O2/c1-17-13-24(33-30-17)23-15-28-26(19-9-10-19)29-25(23)22-7-4-12-31(16-22)27(32)21-11-8-18-5-2-3-6-20(18)14-21/h2-3,5-6,8,11,13-15,19,22H,4,7,9-10,12,16H2,1H3. The number of hydrogen-bond donors (Lipinski definition) is 0. The quantitative estimate of drug-likeness (QED) is 0.421. The van der Waals surface area contributed by atoms with Crippen molar-refractivity contribution in [3.8, 4) is 11.3 Å². The number of rotatable bonds is 4. The van der Waals surface area contributed by atoms with Crippen molar-refractivity contribution >= 4 is 16.7 Å². The molecule has 0 N–H and O–H groups in total. The molecule has 1 saturated carbocycles. The second-order valence-corrected chi connectivity index (χ2v) is 9.29. The lowest BCUT2D eigenvalue weighted by atomic mass is 9.90. The zero-order chi connectivity index (χ0) is 22.4. The summed E-state index contributed by atoms with van der Waals surface area (Å²) in [6.07, 6.45) is 6.12. The maximum Gasteiger partial charge on any atom is 0.253 e. The van der Waals surface area contributed by atoms with Crippen LogP contribution in [0.1, 0.15) is 65.1 Å². The Morgan fingerprint density at radius 1 is 1.03 bits per heavy atom. The van der Waals surface area contributed by atoms with E-state index in [4.69, 9.17) is 9.51 Å². The van der Waals surface area contributed by atoms with E-state index in [0.29, 0.717) is 18.2 Å². The number of fused-ring (bicyclic) bond motifs is 1. The number of carbonyl (C=O) groups is 1. The molecule has 1 amide bonds. The van der Waals surface area contributed by atoms with Crippen LogP contribution in [0.2, 0.25) is 0 Å². The molecule has 6 nitrogen and oxygen atoms in total. The number of hydrogen-bond acceptors (Lipinski definition) is 5. The molecule has 1 aliphatic carbocycles. The predicted molar refractivity (Wildman–Crippen MR) is 126 cm³/mol. The number of amides is 1. The van der Waals surface area contributed by atoms with Gasteiger partial charge in [-0.2, -0.15) is 0 Å². The van der Waals surface area contributed by atoms with Crippen molar-refractivity contribution in [1.29, 1.82) is 0 Å². The van der Waals surface area contributed by atoms with E-state index in [0.717, 1.165) is 71.3 Å². The molecule has 1 atom stereocenters. The van der Waals surface area contributed by atoms with Crippen molar-refractivity contribution in [2.45, 2.75) is 44.4 Å². The molecule has 4 aromatic rings. The van der Waals surface area contributed by atoms with Crippen LogP contribution in [0.25, 0.3) is 22.1 Å².